The molecule has 7 nitrogen and oxygen atoms in total. The molecule has 0 aromatic carbocycles. The fourth-order valence-corrected chi connectivity index (χ4v) is 3.93. The Morgan fingerprint density at radius 3 is 2.52 bits per heavy atom. The Labute approximate surface area is 147 Å². The molecule has 1 aliphatic heterocycles. The number of hydrogen-bond donors (Lipinski definition) is 2. The molecule has 2 amide bonds. The van der Waals surface area contributed by atoms with Gasteiger partial charge < -0.3 is 10.6 Å². The lowest BCUT2D eigenvalue weighted by Gasteiger charge is -2.31. The van der Waals surface area contributed by atoms with Gasteiger partial charge in [0, 0.05) is 20.0 Å². The lowest BCUT2D eigenvalue weighted by atomic mass is 9.81. The molecule has 1 unspecified atom stereocenters. The molecule has 1 saturated carbocycles. The van der Waals surface area contributed by atoms with Gasteiger partial charge in [-0.25, -0.2) is 4.68 Å². The van der Waals surface area contributed by atoms with E-state index in [1.165, 1.54) is 6.42 Å². The van der Waals surface area contributed by atoms with Gasteiger partial charge in [0.25, 0.3) is 5.56 Å². The van der Waals surface area contributed by atoms with Crippen LogP contribution in [-0.2, 0) is 16.6 Å². The fourth-order valence-electron chi connectivity index (χ4n) is 3.93. The quantitative estimate of drug-likeness (QED) is 0.874. The minimum atomic E-state index is -0.682. The van der Waals surface area contributed by atoms with Crippen LogP contribution in [-0.4, -0.2) is 27.7 Å². The van der Waals surface area contributed by atoms with Crippen LogP contribution < -0.4 is 16.2 Å². The van der Waals surface area contributed by atoms with Gasteiger partial charge in [-0.15, -0.1) is 0 Å². The first-order chi connectivity index (χ1) is 11.8. The summed E-state index contributed by atoms with van der Waals surface area (Å²) in [4.78, 5) is 37.1. The molecule has 138 valence electrons. The van der Waals surface area contributed by atoms with Crippen LogP contribution in [0.15, 0.2) is 4.79 Å². The molecule has 1 aromatic heterocycles. The van der Waals surface area contributed by atoms with Gasteiger partial charge in [0.05, 0.1) is 17.2 Å². The van der Waals surface area contributed by atoms with Crippen molar-refractivity contribution in [3.8, 4) is 0 Å². The van der Waals surface area contributed by atoms with Gasteiger partial charge in [0.2, 0.25) is 11.8 Å². The molecule has 2 fully saturated rings. The van der Waals surface area contributed by atoms with Crippen LogP contribution in [0.1, 0.15) is 63.6 Å². The maximum atomic E-state index is 12.9. The second-order valence-electron chi connectivity index (χ2n) is 7.72. The van der Waals surface area contributed by atoms with Gasteiger partial charge in [0.15, 0.2) is 0 Å². The van der Waals surface area contributed by atoms with E-state index in [2.05, 4.69) is 10.6 Å². The summed E-state index contributed by atoms with van der Waals surface area (Å²) in [6, 6.07) is 0.208. The van der Waals surface area contributed by atoms with Crippen molar-refractivity contribution in [2.45, 2.75) is 64.8 Å². The number of aromatic nitrogens is 2. The van der Waals surface area contributed by atoms with Gasteiger partial charge in [-0.1, -0.05) is 19.3 Å². The molecular formula is C18H28N4O3. The van der Waals surface area contributed by atoms with Crippen molar-refractivity contribution in [2.75, 3.05) is 11.9 Å². The molecule has 1 aliphatic carbocycles. The number of hydrogen-bond acceptors (Lipinski definition) is 3. The summed E-state index contributed by atoms with van der Waals surface area (Å²) in [5.41, 5.74) is 0.338. The summed E-state index contributed by atoms with van der Waals surface area (Å²) < 4.78 is 3.67. The number of rotatable bonds is 3. The first-order valence-electron chi connectivity index (χ1n) is 9.20. The first kappa shape index (κ1) is 17.8. The fraction of sp³-hybridized carbons (Fsp3) is 0.722. The SMILES string of the molecule is Cc1c(NC(=O)C2(C)CCC(=O)NC2)c(=O)n(C2CCCCC2)n1C. The minimum Gasteiger partial charge on any atom is -0.355 e. The van der Waals surface area contributed by atoms with Crippen LogP contribution in [0.2, 0.25) is 0 Å². The van der Waals surface area contributed by atoms with Crippen molar-refractivity contribution in [1.29, 1.82) is 0 Å². The van der Waals surface area contributed by atoms with Crippen LogP contribution in [0.5, 0.6) is 0 Å². The van der Waals surface area contributed by atoms with Crippen molar-refractivity contribution < 1.29 is 9.59 Å². The summed E-state index contributed by atoms with van der Waals surface area (Å²) in [6.07, 6.45) is 6.35. The summed E-state index contributed by atoms with van der Waals surface area (Å²) in [5, 5.41) is 5.61. The highest BCUT2D eigenvalue weighted by molar-refractivity contribution is 5.96. The molecule has 1 saturated heterocycles. The molecule has 25 heavy (non-hydrogen) atoms. The Balaban J connectivity index is 1.84. The molecule has 1 aromatic rings. The predicted molar refractivity (Wildman–Crippen MR) is 95.5 cm³/mol. The number of nitrogens with zero attached hydrogens (tertiary/aromatic N) is 2. The molecule has 2 aliphatic rings. The minimum absolute atomic E-state index is 0.0270. The van der Waals surface area contributed by atoms with E-state index in [0.29, 0.717) is 25.1 Å². The number of nitrogens with one attached hydrogen (secondary N) is 2. The number of amides is 2. The monoisotopic (exact) mass is 348 g/mol. The molecule has 7 heteroatoms. The number of anilines is 1. The molecule has 0 radical (unpaired) electrons. The Kier molecular flexibility index (Phi) is 4.75. The summed E-state index contributed by atoms with van der Waals surface area (Å²) >= 11 is 0. The summed E-state index contributed by atoms with van der Waals surface area (Å²) in [7, 11) is 1.88. The predicted octanol–water partition coefficient (Wildman–Crippen LogP) is 1.86. The zero-order chi connectivity index (χ0) is 18.2. The van der Waals surface area contributed by atoms with Gasteiger partial charge in [-0.3, -0.25) is 19.1 Å². The van der Waals surface area contributed by atoms with Crippen molar-refractivity contribution >= 4 is 17.5 Å². The summed E-state index contributed by atoms with van der Waals surface area (Å²) in [5.74, 6) is -0.227. The maximum Gasteiger partial charge on any atom is 0.290 e. The third-order valence-electron chi connectivity index (χ3n) is 5.88. The molecule has 0 bridgehead atoms. The smallest absolute Gasteiger partial charge is 0.290 e. The van der Waals surface area contributed by atoms with Crippen LogP contribution in [0.4, 0.5) is 5.69 Å². The Hall–Kier alpha value is -2.05. The molecular weight excluding hydrogens is 320 g/mol. The van der Waals surface area contributed by atoms with Crippen LogP contribution in [0.3, 0.4) is 0 Å². The molecule has 3 rings (SSSR count). The van der Waals surface area contributed by atoms with Crippen LogP contribution in [0, 0.1) is 12.3 Å². The normalized spacial score (nSPS) is 24.8. The lowest BCUT2D eigenvalue weighted by molar-refractivity contribution is -0.130. The maximum absolute atomic E-state index is 12.9. The van der Waals surface area contributed by atoms with Crippen molar-refractivity contribution in [1.82, 2.24) is 14.7 Å². The lowest BCUT2D eigenvalue weighted by Crippen LogP contribution is -2.48. The average molecular weight is 348 g/mol. The third kappa shape index (κ3) is 3.24. The molecule has 1 atom stereocenters. The van der Waals surface area contributed by atoms with Gasteiger partial charge in [0.1, 0.15) is 5.69 Å². The zero-order valence-corrected chi connectivity index (χ0v) is 15.4. The Morgan fingerprint density at radius 1 is 1.24 bits per heavy atom. The van der Waals surface area contributed by atoms with E-state index < -0.39 is 5.41 Å². The topological polar surface area (TPSA) is 85.1 Å². The average Bonchev–Trinajstić information content (AvgIpc) is 2.82. The van der Waals surface area contributed by atoms with E-state index in [1.807, 2.05) is 25.6 Å². The van der Waals surface area contributed by atoms with Gasteiger partial charge >= 0.3 is 0 Å². The van der Waals surface area contributed by atoms with E-state index in [1.54, 1.807) is 4.68 Å². The van der Waals surface area contributed by atoms with Crippen molar-refractivity contribution in [3.05, 3.63) is 16.0 Å². The molecule has 0 spiro atoms. The van der Waals surface area contributed by atoms with E-state index in [0.717, 1.165) is 31.4 Å². The zero-order valence-electron chi connectivity index (χ0n) is 15.4. The Bertz CT molecular complexity index is 730. The number of carbonyl (C=O) groups is 2. The molecule has 2 heterocycles. The van der Waals surface area contributed by atoms with E-state index in [4.69, 9.17) is 0 Å². The largest absolute Gasteiger partial charge is 0.355 e. The number of piperidine rings is 1. The standard InChI is InChI=1S/C18H28N4O3/c1-12-15(20-17(25)18(2)10-9-14(23)19-11-18)16(24)22(21(12)3)13-7-5-4-6-8-13/h13H,4-11H2,1-3H3,(H,19,23)(H,20,25). The van der Waals surface area contributed by atoms with E-state index in [-0.39, 0.29) is 23.4 Å². The second kappa shape index (κ2) is 6.69. The molecule has 2 N–H and O–H groups in total. The first-order valence-corrected chi connectivity index (χ1v) is 9.20. The van der Waals surface area contributed by atoms with Crippen LogP contribution >= 0.6 is 0 Å². The van der Waals surface area contributed by atoms with E-state index in [9.17, 15) is 14.4 Å². The Morgan fingerprint density at radius 2 is 1.92 bits per heavy atom. The number of carbonyl (C=O) groups excluding carboxylic acids is 2. The third-order valence-corrected chi connectivity index (χ3v) is 5.88. The van der Waals surface area contributed by atoms with Gasteiger partial charge in [-0.2, -0.15) is 0 Å². The highest BCUT2D eigenvalue weighted by Gasteiger charge is 2.38. The van der Waals surface area contributed by atoms with Crippen LogP contribution in [0.25, 0.3) is 0 Å². The second-order valence-corrected chi connectivity index (χ2v) is 7.72. The summed E-state index contributed by atoms with van der Waals surface area (Å²) in [6.45, 7) is 4.00. The van der Waals surface area contributed by atoms with Gasteiger partial charge in [-0.05, 0) is 33.1 Å². The highest BCUT2D eigenvalue weighted by atomic mass is 16.2. The van der Waals surface area contributed by atoms with Crippen molar-refractivity contribution in [2.24, 2.45) is 12.5 Å². The van der Waals surface area contributed by atoms with Crippen molar-refractivity contribution in [3.63, 3.8) is 0 Å². The van der Waals surface area contributed by atoms with E-state index >= 15 is 0 Å². The highest BCUT2D eigenvalue weighted by Crippen LogP contribution is 2.30.